The Bertz CT molecular complexity index is 1220. The second-order valence-electron chi connectivity index (χ2n) is 6.16. The number of hydrogen-bond donors (Lipinski definition) is 1. The fourth-order valence-corrected chi connectivity index (χ4v) is 3.43. The molecular weight excluding hydrogens is 360 g/mol. The minimum Gasteiger partial charge on any atom is -0.497 e. The number of rotatable bonds is 3. The molecule has 0 spiro atoms. The standard InChI is InChI=1S/C21H16N2O5/c1-25-11-7-8-12(16(9-11)26-2)17-14(10-22)20(23)28-19-13-5-3-4-6-15(13)27-21(24)18(17)19/h3-9,17H,23H2,1-2H3. The number of benzene rings is 2. The molecule has 2 aromatic carbocycles. The highest BCUT2D eigenvalue weighted by atomic mass is 16.5. The Morgan fingerprint density at radius 1 is 1.14 bits per heavy atom. The molecule has 7 heteroatoms. The summed E-state index contributed by atoms with van der Waals surface area (Å²) in [4.78, 5) is 12.9. The lowest BCUT2D eigenvalue weighted by Crippen LogP contribution is -2.26. The number of nitrogens with two attached hydrogens (primary N) is 1. The monoisotopic (exact) mass is 376 g/mol. The highest BCUT2D eigenvalue weighted by Crippen LogP contribution is 2.46. The van der Waals surface area contributed by atoms with Crippen molar-refractivity contribution in [3.05, 3.63) is 75.5 Å². The molecule has 1 unspecified atom stereocenters. The molecule has 0 saturated carbocycles. The van der Waals surface area contributed by atoms with E-state index in [1.807, 2.05) is 0 Å². The van der Waals surface area contributed by atoms with E-state index in [1.54, 1.807) is 42.5 Å². The molecule has 2 heterocycles. The third-order valence-electron chi connectivity index (χ3n) is 4.73. The quantitative estimate of drug-likeness (QED) is 0.700. The van der Waals surface area contributed by atoms with Gasteiger partial charge in [-0.1, -0.05) is 18.2 Å². The maximum Gasteiger partial charge on any atom is 0.344 e. The summed E-state index contributed by atoms with van der Waals surface area (Å²) in [5.41, 5.74) is 6.72. The number of nitriles is 1. The molecule has 140 valence electrons. The maximum atomic E-state index is 12.9. The molecule has 0 bridgehead atoms. The van der Waals surface area contributed by atoms with Gasteiger partial charge in [0.15, 0.2) is 5.75 Å². The van der Waals surface area contributed by atoms with Gasteiger partial charge in [-0.05, 0) is 18.2 Å². The predicted molar refractivity (Wildman–Crippen MR) is 101 cm³/mol. The van der Waals surface area contributed by atoms with Crippen molar-refractivity contribution in [2.45, 2.75) is 5.92 Å². The number of hydrogen-bond acceptors (Lipinski definition) is 7. The molecule has 1 atom stereocenters. The topological polar surface area (TPSA) is 108 Å². The normalized spacial score (nSPS) is 15.5. The Morgan fingerprint density at radius 3 is 2.64 bits per heavy atom. The lowest BCUT2D eigenvalue weighted by Gasteiger charge is -2.27. The highest BCUT2D eigenvalue weighted by molar-refractivity contribution is 5.86. The summed E-state index contributed by atoms with van der Waals surface area (Å²) in [7, 11) is 3.04. The van der Waals surface area contributed by atoms with Crippen molar-refractivity contribution in [2.24, 2.45) is 5.73 Å². The van der Waals surface area contributed by atoms with E-state index in [-0.39, 0.29) is 22.8 Å². The molecule has 4 rings (SSSR count). The zero-order valence-corrected chi connectivity index (χ0v) is 15.2. The first-order valence-corrected chi connectivity index (χ1v) is 8.44. The number of nitrogens with zero attached hydrogens (tertiary/aromatic N) is 1. The number of ether oxygens (including phenoxy) is 3. The van der Waals surface area contributed by atoms with Crippen molar-refractivity contribution in [1.82, 2.24) is 0 Å². The largest absolute Gasteiger partial charge is 0.497 e. The number of para-hydroxylation sites is 1. The van der Waals surface area contributed by atoms with E-state index in [2.05, 4.69) is 6.07 Å². The predicted octanol–water partition coefficient (Wildman–Crippen LogP) is 3.03. The van der Waals surface area contributed by atoms with Gasteiger partial charge in [0.05, 0.1) is 31.1 Å². The highest BCUT2D eigenvalue weighted by Gasteiger charge is 2.37. The zero-order chi connectivity index (χ0) is 19.8. The van der Waals surface area contributed by atoms with E-state index in [4.69, 9.17) is 24.4 Å². The molecule has 0 radical (unpaired) electrons. The van der Waals surface area contributed by atoms with E-state index in [0.717, 1.165) is 0 Å². The second-order valence-corrected chi connectivity index (χ2v) is 6.16. The van der Waals surface area contributed by atoms with E-state index in [9.17, 15) is 10.1 Å². The van der Waals surface area contributed by atoms with Gasteiger partial charge in [0, 0.05) is 11.6 Å². The molecule has 1 aromatic heterocycles. The summed E-state index contributed by atoms with van der Waals surface area (Å²) in [6.45, 7) is 0. The lowest BCUT2D eigenvalue weighted by atomic mass is 9.83. The minimum absolute atomic E-state index is 0.0615. The molecule has 1 aliphatic rings. The number of methoxy groups -OCH3 is 2. The van der Waals surface area contributed by atoms with Crippen LogP contribution in [-0.2, 0) is 0 Å². The van der Waals surface area contributed by atoms with E-state index in [0.29, 0.717) is 28.0 Å². The Hall–Kier alpha value is -3.92. The summed E-state index contributed by atoms with van der Waals surface area (Å²) in [6.07, 6.45) is 0. The number of allylic oxidation sites excluding steroid dienone is 1. The first-order chi connectivity index (χ1) is 13.6. The van der Waals surface area contributed by atoms with Crippen LogP contribution >= 0.6 is 0 Å². The molecule has 0 saturated heterocycles. The first kappa shape index (κ1) is 17.5. The smallest absolute Gasteiger partial charge is 0.344 e. The summed E-state index contributed by atoms with van der Waals surface area (Å²) in [5.74, 6) is 0.453. The van der Waals surface area contributed by atoms with Crippen molar-refractivity contribution in [2.75, 3.05) is 14.2 Å². The molecule has 0 aliphatic carbocycles. The third-order valence-corrected chi connectivity index (χ3v) is 4.73. The second kappa shape index (κ2) is 6.67. The van der Waals surface area contributed by atoms with Gasteiger partial charge in [0.2, 0.25) is 5.88 Å². The van der Waals surface area contributed by atoms with Crippen molar-refractivity contribution >= 4 is 11.0 Å². The summed E-state index contributed by atoms with van der Waals surface area (Å²) >= 11 is 0. The van der Waals surface area contributed by atoms with Crippen LogP contribution in [0.1, 0.15) is 17.0 Å². The van der Waals surface area contributed by atoms with Crippen LogP contribution in [0.25, 0.3) is 11.0 Å². The van der Waals surface area contributed by atoms with Crippen LogP contribution in [0.15, 0.2) is 63.1 Å². The van der Waals surface area contributed by atoms with Gasteiger partial charge in [0.1, 0.15) is 28.7 Å². The van der Waals surface area contributed by atoms with Crippen molar-refractivity contribution in [1.29, 1.82) is 5.26 Å². The van der Waals surface area contributed by atoms with Crippen LogP contribution < -0.4 is 25.6 Å². The van der Waals surface area contributed by atoms with Gasteiger partial charge in [-0.2, -0.15) is 5.26 Å². The Morgan fingerprint density at radius 2 is 1.93 bits per heavy atom. The molecular formula is C21H16N2O5. The van der Waals surface area contributed by atoms with Crippen LogP contribution in [0.3, 0.4) is 0 Å². The van der Waals surface area contributed by atoms with Gasteiger partial charge in [0.25, 0.3) is 0 Å². The van der Waals surface area contributed by atoms with Crippen LogP contribution in [0, 0.1) is 11.3 Å². The summed E-state index contributed by atoms with van der Waals surface area (Å²) < 4.78 is 21.9. The molecule has 28 heavy (non-hydrogen) atoms. The maximum absolute atomic E-state index is 12.9. The van der Waals surface area contributed by atoms with Crippen LogP contribution in [0.5, 0.6) is 17.2 Å². The summed E-state index contributed by atoms with van der Waals surface area (Å²) in [6, 6.07) is 14.2. The molecule has 7 nitrogen and oxygen atoms in total. The molecule has 2 N–H and O–H groups in total. The van der Waals surface area contributed by atoms with Crippen LogP contribution in [0.4, 0.5) is 0 Å². The average molecular weight is 376 g/mol. The van der Waals surface area contributed by atoms with Crippen molar-refractivity contribution in [3.8, 4) is 23.3 Å². The SMILES string of the molecule is COc1ccc(C2C(C#N)=C(N)Oc3c2c(=O)oc2ccccc32)c(OC)c1. The average Bonchev–Trinajstić information content (AvgIpc) is 2.72. The third kappa shape index (κ3) is 2.55. The molecule has 3 aromatic rings. The van der Waals surface area contributed by atoms with Crippen molar-refractivity contribution < 1.29 is 18.6 Å². The first-order valence-electron chi connectivity index (χ1n) is 8.44. The lowest BCUT2D eigenvalue weighted by molar-refractivity contribution is 0.378. The van der Waals surface area contributed by atoms with Gasteiger partial charge in [-0.15, -0.1) is 0 Å². The minimum atomic E-state index is -0.796. The molecule has 0 amide bonds. The van der Waals surface area contributed by atoms with Crippen LogP contribution in [-0.4, -0.2) is 14.2 Å². The van der Waals surface area contributed by atoms with E-state index < -0.39 is 11.5 Å². The van der Waals surface area contributed by atoms with E-state index >= 15 is 0 Å². The molecule has 1 aliphatic heterocycles. The molecule has 0 fully saturated rings. The zero-order valence-electron chi connectivity index (χ0n) is 15.2. The Labute approximate surface area is 160 Å². The fourth-order valence-electron chi connectivity index (χ4n) is 3.43. The van der Waals surface area contributed by atoms with Gasteiger partial charge in [-0.3, -0.25) is 0 Å². The van der Waals surface area contributed by atoms with Gasteiger partial charge in [-0.25, -0.2) is 4.79 Å². The van der Waals surface area contributed by atoms with Gasteiger partial charge >= 0.3 is 5.63 Å². The number of fused-ring (bicyclic) bond motifs is 3. The fraction of sp³-hybridized carbons (Fsp3) is 0.143. The Kier molecular flexibility index (Phi) is 4.17. The van der Waals surface area contributed by atoms with Crippen LogP contribution in [0.2, 0.25) is 0 Å². The summed E-state index contributed by atoms with van der Waals surface area (Å²) in [5, 5.41) is 10.3. The van der Waals surface area contributed by atoms with Gasteiger partial charge < -0.3 is 24.4 Å². The Balaban J connectivity index is 2.07. The van der Waals surface area contributed by atoms with Crippen molar-refractivity contribution in [3.63, 3.8) is 0 Å². The van der Waals surface area contributed by atoms with E-state index in [1.165, 1.54) is 14.2 Å².